The molecule has 3 rings (SSSR count). The highest BCUT2D eigenvalue weighted by Gasteiger charge is 2.23. The quantitative estimate of drug-likeness (QED) is 0.864. The summed E-state index contributed by atoms with van der Waals surface area (Å²) >= 11 is 0. The standard InChI is InChI=1S/C17H21FN4O2/c18-15-4-2-14(3-5-15)16(21-8-10-24-11-9-21)12-19-17(23)13-22-7-1-6-20-22/h1-7,16H,8-13H2,(H,19,23)/t16-/m0/s1. The van der Waals surface area contributed by atoms with Crippen LogP contribution in [-0.4, -0.2) is 53.4 Å². The molecule has 24 heavy (non-hydrogen) atoms. The van der Waals surface area contributed by atoms with Crippen LogP contribution >= 0.6 is 0 Å². The Balaban J connectivity index is 1.65. The van der Waals surface area contributed by atoms with E-state index < -0.39 is 0 Å². The first kappa shape index (κ1) is 16.6. The molecule has 2 heterocycles. The van der Waals surface area contributed by atoms with Crippen molar-refractivity contribution in [3.05, 3.63) is 54.1 Å². The predicted octanol–water partition coefficient (Wildman–Crippen LogP) is 1.21. The summed E-state index contributed by atoms with van der Waals surface area (Å²) in [5.41, 5.74) is 0.984. The number of aromatic nitrogens is 2. The molecule has 128 valence electrons. The topological polar surface area (TPSA) is 59.4 Å². The number of halogens is 1. The van der Waals surface area contributed by atoms with Crippen LogP contribution in [0.4, 0.5) is 4.39 Å². The van der Waals surface area contributed by atoms with Crippen molar-refractivity contribution in [3.8, 4) is 0 Å². The molecule has 0 saturated carbocycles. The van der Waals surface area contributed by atoms with E-state index >= 15 is 0 Å². The first-order valence-electron chi connectivity index (χ1n) is 8.04. The zero-order valence-corrected chi connectivity index (χ0v) is 13.4. The molecule has 1 fully saturated rings. The number of morpholine rings is 1. The molecule has 6 nitrogen and oxygen atoms in total. The molecule has 1 aromatic carbocycles. The van der Waals surface area contributed by atoms with E-state index in [2.05, 4.69) is 15.3 Å². The summed E-state index contributed by atoms with van der Waals surface area (Å²) in [6.07, 6.45) is 3.39. The van der Waals surface area contributed by atoms with Crippen LogP contribution in [0.15, 0.2) is 42.7 Å². The second-order valence-electron chi connectivity index (χ2n) is 5.72. The number of amides is 1. The van der Waals surface area contributed by atoms with Crippen molar-refractivity contribution >= 4 is 5.91 Å². The maximum absolute atomic E-state index is 13.2. The second kappa shape index (κ2) is 8.03. The van der Waals surface area contributed by atoms with Crippen molar-refractivity contribution in [2.24, 2.45) is 0 Å². The van der Waals surface area contributed by atoms with Crippen LogP contribution in [0.2, 0.25) is 0 Å². The first-order valence-corrected chi connectivity index (χ1v) is 8.04. The van der Waals surface area contributed by atoms with Crippen LogP contribution in [0.1, 0.15) is 11.6 Å². The highest BCUT2D eigenvalue weighted by molar-refractivity contribution is 5.75. The normalized spacial score (nSPS) is 16.7. The Kier molecular flexibility index (Phi) is 5.55. The third-order valence-corrected chi connectivity index (χ3v) is 4.10. The van der Waals surface area contributed by atoms with Gasteiger partial charge in [-0.05, 0) is 23.8 Å². The molecule has 1 aliphatic rings. The molecule has 0 aliphatic carbocycles. The number of hydrogen-bond acceptors (Lipinski definition) is 4. The maximum Gasteiger partial charge on any atom is 0.241 e. The van der Waals surface area contributed by atoms with E-state index in [1.807, 2.05) is 0 Å². The van der Waals surface area contributed by atoms with Crippen molar-refractivity contribution in [3.63, 3.8) is 0 Å². The molecule has 7 heteroatoms. The van der Waals surface area contributed by atoms with Crippen molar-refractivity contribution in [1.82, 2.24) is 20.0 Å². The zero-order valence-electron chi connectivity index (χ0n) is 13.4. The molecular weight excluding hydrogens is 311 g/mol. The number of rotatable bonds is 6. The summed E-state index contributed by atoms with van der Waals surface area (Å²) in [5, 5.41) is 6.98. The lowest BCUT2D eigenvalue weighted by Crippen LogP contribution is -2.44. The van der Waals surface area contributed by atoms with Crippen molar-refractivity contribution in [1.29, 1.82) is 0 Å². The minimum Gasteiger partial charge on any atom is -0.379 e. The molecule has 1 aliphatic heterocycles. The van der Waals surface area contributed by atoms with Crippen molar-refractivity contribution < 1.29 is 13.9 Å². The number of hydrogen-bond donors (Lipinski definition) is 1. The SMILES string of the molecule is O=C(Cn1cccn1)NC[C@@H](c1ccc(F)cc1)N1CCOCC1. The van der Waals surface area contributed by atoms with Gasteiger partial charge in [0.15, 0.2) is 0 Å². The molecule has 1 saturated heterocycles. The summed E-state index contributed by atoms with van der Waals surface area (Å²) in [5.74, 6) is -0.360. The minimum atomic E-state index is -0.262. The fourth-order valence-corrected chi connectivity index (χ4v) is 2.84. The molecule has 1 N–H and O–H groups in total. The Morgan fingerprint density at radius 1 is 1.29 bits per heavy atom. The van der Waals surface area contributed by atoms with Gasteiger partial charge in [-0.15, -0.1) is 0 Å². The molecule has 0 spiro atoms. The van der Waals surface area contributed by atoms with Gasteiger partial charge in [0.1, 0.15) is 12.4 Å². The van der Waals surface area contributed by atoms with Gasteiger partial charge in [-0.3, -0.25) is 14.4 Å². The largest absolute Gasteiger partial charge is 0.379 e. The fourth-order valence-electron chi connectivity index (χ4n) is 2.84. The van der Waals surface area contributed by atoms with Crippen LogP contribution in [0, 0.1) is 5.82 Å². The van der Waals surface area contributed by atoms with Gasteiger partial charge < -0.3 is 10.1 Å². The lowest BCUT2D eigenvalue weighted by atomic mass is 10.0. The monoisotopic (exact) mass is 332 g/mol. The lowest BCUT2D eigenvalue weighted by Gasteiger charge is -2.35. The summed E-state index contributed by atoms with van der Waals surface area (Å²) in [6, 6.07) is 8.23. The van der Waals surface area contributed by atoms with Gasteiger partial charge >= 0.3 is 0 Å². The van der Waals surface area contributed by atoms with E-state index in [1.165, 1.54) is 12.1 Å². The number of nitrogens with zero attached hydrogens (tertiary/aromatic N) is 3. The van der Waals surface area contributed by atoms with E-state index in [1.54, 1.807) is 35.3 Å². The van der Waals surface area contributed by atoms with Gasteiger partial charge in [0.25, 0.3) is 0 Å². The van der Waals surface area contributed by atoms with Crippen LogP contribution in [0.25, 0.3) is 0 Å². The Morgan fingerprint density at radius 3 is 2.71 bits per heavy atom. The summed E-state index contributed by atoms with van der Waals surface area (Å²) in [4.78, 5) is 14.4. The van der Waals surface area contributed by atoms with Gasteiger partial charge in [-0.1, -0.05) is 12.1 Å². The van der Waals surface area contributed by atoms with Gasteiger partial charge in [-0.25, -0.2) is 4.39 Å². The average molecular weight is 332 g/mol. The van der Waals surface area contributed by atoms with E-state index in [0.29, 0.717) is 19.8 Å². The van der Waals surface area contributed by atoms with Gasteiger partial charge in [-0.2, -0.15) is 5.10 Å². The predicted molar refractivity (Wildman–Crippen MR) is 86.8 cm³/mol. The molecule has 1 atom stereocenters. The second-order valence-corrected chi connectivity index (χ2v) is 5.72. The Labute approximate surface area is 140 Å². The third-order valence-electron chi connectivity index (χ3n) is 4.10. The smallest absolute Gasteiger partial charge is 0.241 e. The number of benzene rings is 1. The van der Waals surface area contributed by atoms with Gasteiger partial charge in [0.2, 0.25) is 5.91 Å². The van der Waals surface area contributed by atoms with E-state index in [4.69, 9.17) is 4.74 Å². The first-order chi connectivity index (χ1) is 11.7. The average Bonchev–Trinajstić information content (AvgIpc) is 3.10. The van der Waals surface area contributed by atoms with Crippen LogP contribution < -0.4 is 5.32 Å². The Hall–Kier alpha value is -2.25. The lowest BCUT2D eigenvalue weighted by molar-refractivity contribution is -0.122. The molecular formula is C17H21FN4O2. The Bertz CT molecular complexity index is 639. The highest BCUT2D eigenvalue weighted by Crippen LogP contribution is 2.21. The number of carbonyl (C=O) groups excluding carboxylic acids is 1. The van der Waals surface area contributed by atoms with E-state index in [-0.39, 0.29) is 24.3 Å². The third kappa shape index (κ3) is 4.39. The Morgan fingerprint density at radius 2 is 2.04 bits per heavy atom. The minimum absolute atomic E-state index is 0.00364. The molecule has 0 bridgehead atoms. The molecule has 0 unspecified atom stereocenters. The van der Waals surface area contributed by atoms with Gasteiger partial charge in [0.05, 0.1) is 19.3 Å². The van der Waals surface area contributed by atoms with Crippen molar-refractivity contribution in [2.45, 2.75) is 12.6 Å². The number of carbonyl (C=O) groups is 1. The van der Waals surface area contributed by atoms with E-state index in [0.717, 1.165) is 18.7 Å². The fraction of sp³-hybridized carbons (Fsp3) is 0.412. The molecule has 0 radical (unpaired) electrons. The van der Waals surface area contributed by atoms with Crippen LogP contribution in [0.3, 0.4) is 0 Å². The van der Waals surface area contributed by atoms with Crippen LogP contribution in [-0.2, 0) is 16.1 Å². The van der Waals surface area contributed by atoms with Crippen molar-refractivity contribution in [2.75, 3.05) is 32.8 Å². The van der Waals surface area contributed by atoms with E-state index in [9.17, 15) is 9.18 Å². The van der Waals surface area contributed by atoms with Gasteiger partial charge in [0, 0.05) is 32.0 Å². The summed E-state index contributed by atoms with van der Waals surface area (Å²) in [6.45, 7) is 3.56. The zero-order chi connectivity index (χ0) is 16.8. The summed E-state index contributed by atoms with van der Waals surface area (Å²) < 4.78 is 20.2. The summed E-state index contributed by atoms with van der Waals surface area (Å²) in [7, 11) is 0. The molecule has 2 aromatic rings. The number of nitrogens with one attached hydrogen (secondary N) is 1. The van der Waals surface area contributed by atoms with Crippen LogP contribution in [0.5, 0.6) is 0 Å². The number of ether oxygens (including phenoxy) is 1. The molecule has 1 aromatic heterocycles. The maximum atomic E-state index is 13.2. The highest BCUT2D eigenvalue weighted by atomic mass is 19.1. The molecule has 1 amide bonds.